The lowest BCUT2D eigenvalue weighted by Crippen LogP contribution is -1.99. The molecule has 0 bridgehead atoms. The first-order valence-electron chi connectivity index (χ1n) is 9.26. The second-order valence-corrected chi connectivity index (χ2v) is 9.80. The lowest BCUT2D eigenvalue weighted by atomic mass is 10.1. The molecular weight excluding hydrogens is 455 g/mol. The van der Waals surface area contributed by atoms with Gasteiger partial charge in [0.15, 0.2) is 9.84 Å². The van der Waals surface area contributed by atoms with Gasteiger partial charge in [-0.05, 0) is 66.7 Å². The molecule has 31 heavy (non-hydrogen) atoms. The minimum Gasteiger partial charge on any atom is -0.497 e. The minimum atomic E-state index is -3.29. The molecule has 1 aromatic heterocycles. The summed E-state index contributed by atoms with van der Waals surface area (Å²) >= 11 is 12.5. The lowest BCUT2D eigenvalue weighted by molar-refractivity contribution is 0.415. The Kier molecular flexibility index (Phi) is 5.79. The molecule has 0 amide bonds. The van der Waals surface area contributed by atoms with Crippen LogP contribution in [0.1, 0.15) is 0 Å². The van der Waals surface area contributed by atoms with Crippen molar-refractivity contribution in [2.24, 2.45) is 0 Å². The first kappa shape index (κ1) is 21.4. The summed E-state index contributed by atoms with van der Waals surface area (Å²) in [6.07, 6.45) is 3.05. The van der Waals surface area contributed by atoms with Gasteiger partial charge in [-0.25, -0.2) is 13.4 Å². The fourth-order valence-electron chi connectivity index (χ4n) is 3.19. The van der Waals surface area contributed by atoms with E-state index >= 15 is 0 Å². The first-order chi connectivity index (χ1) is 14.8. The number of hydrogen-bond acceptors (Lipinski definition) is 4. The van der Waals surface area contributed by atoms with Crippen molar-refractivity contribution in [1.29, 1.82) is 0 Å². The van der Waals surface area contributed by atoms with Crippen LogP contribution in [-0.2, 0) is 9.84 Å². The molecule has 0 aliphatic heterocycles. The highest BCUT2D eigenvalue weighted by molar-refractivity contribution is 7.90. The second kappa shape index (κ2) is 8.38. The van der Waals surface area contributed by atoms with E-state index < -0.39 is 9.84 Å². The van der Waals surface area contributed by atoms with Crippen LogP contribution in [0.15, 0.2) is 77.8 Å². The quantitative estimate of drug-likeness (QED) is 0.361. The molecule has 0 aliphatic carbocycles. The summed E-state index contributed by atoms with van der Waals surface area (Å²) in [5.74, 6) is 1.33. The summed E-state index contributed by atoms with van der Waals surface area (Å²) in [4.78, 5) is 5.07. The summed E-state index contributed by atoms with van der Waals surface area (Å²) in [5.41, 5.74) is 3.04. The summed E-state index contributed by atoms with van der Waals surface area (Å²) in [5, 5.41) is 1.14. The molecule has 5 nitrogen and oxygen atoms in total. The maximum absolute atomic E-state index is 11.8. The van der Waals surface area contributed by atoms with E-state index in [2.05, 4.69) is 0 Å². The van der Waals surface area contributed by atoms with Crippen molar-refractivity contribution in [2.45, 2.75) is 4.90 Å². The van der Waals surface area contributed by atoms with Crippen molar-refractivity contribution < 1.29 is 13.2 Å². The number of halogens is 2. The first-order valence-corrected chi connectivity index (χ1v) is 11.9. The SMILES string of the molecule is COc1ccc(-c2cn(-c3ccc(S(C)(=O)=O)cc3)c(-c3ccc(Cl)cc3)n2)c(Cl)c1. The van der Waals surface area contributed by atoms with E-state index in [1.54, 1.807) is 49.6 Å². The van der Waals surface area contributed by atoms with Crippen LogP contribution in [0.4, 0.5) is 0 Å². The van der Waals surface area contributed by atoms with Crippen LogP contribution in [0.5, 0.6) is 5.75 Å². The van der Waals surface area contributed by atoms with Crippen molar-refractivity contribution in [3.8, 4) is 34.1 Å². The molecule has 158 valence electrons. The van der Waals surface area contributed by atoms with E-state index in [0.717, 1.165) is 16.8 Å². The fourth-order valence-corrected chi connectivity index (χ4v) is 4.22. The third-order valence-corrected chi connectivity index (χ3v) is 6.50. The number of nitrogens with zero attached hydrogens (tertiary/aromatic N) is 2. The summed E-state index contributed by atoms with van der Waals surface area (Å²) < 4.78 is 30.8. The molecule has 0 N–H and O–H groups in total. The van der Waals surface area contributed by atoms with Gasteiger partial charge in [-0.2, -0.15) is 0 Å². The van der Waals surface area contributed by atoms with Gasteiger partial charge in [0.1, 0.15) is 11.6 Å². The predicted octanol–water partition coefficient (Wildman–Crippen LogP) is 5.93. The van der Waals surface area contributed by atoms with Crippen molar-refractivity contribution in [3.63, 3.8) is 0 Å². The molecule has 0 saturated heterocycles. The highest BCUT2D eigenvalue weighted by Crippen LogP contribution is 2.34. The average Bonchev–Trinajstić information content (AvgIpc) is 3.18. The maximum atomic E-state index is 11.8. The molecule has 0 aliphatic rings. The van der Waals surface area contributed by atoms with E-state index in [-0.39, 0.29) is 4.90 Å². The second-order valence-electron chi connectivity index (χ2n) is 6.94. The van der Waals surface area contributed by atoms with Crippen molar-refractivity contribution in [2.75, 3.05) is 13.4 Å². The zero-order valence-electron chi connectivity index (χ0n) is 16.7. The summed E-state index contributed by atoms with van der Waals surface area (Å²) in [6.45, 7) is 0. The highest BCUT2D eigenvalue weighted by atomic mass is 35.5. The fraction of sp³-hybridized carbons (Fsp3) is 0.0870. The molecule has 0 spiro atoms. The number of rotatable bonds is 5. The molecule has 0 radical (unpaired) electrons. The Morgan fingerprint density at radius 3 is 2.19 bits per heavy atom. The Morgan fingerprint density at radius 1 is 0.935 bits per heavy atom. The van der Waals surface area contributed by atoms with Gasteiger partial charge in [-0.15, -0.1) is 0 Å². The molecule has 0 fully saturated rings. The van der Waals surface area contributed by atoms with Gasteiger partial charge >= 0.3 is 0 Å². The molecular formula is C23H18Cl2N2O3S. The molecule has 1 heterocycles. The summed E-state index contributed by atoms with van der Waals surface area (Å²) in [6, 6.07) is 19.4. The molecule has 4 rings (SSSR count). The van der Waals surface area contributed by atoms with Gasteiger partial charge in [-0.1, -0.05) is 23.2 Å². The third kappa shape index (κ3) is 4.46. The van der Waals surface area contributed by atoms with Crippen LogP contribution in [0.3, 0.4) is 0 Å². The summed E-state index contributed by atoms with van der Waals surface area (Å²) in [7, 11) is -1.71. The monoisotopic (exact) mass is 472 g/mol. The molecule has 8 heteroatoms. The van der Waals surface area contributed by atoms with Gasteiger partial charge < -0.3 is 4.74 Å². The normalized spacial score (nSPS) is 11.5. The molecule has 3 aromatic carbocycles. The van der Waals surface area contributed by atoms with Crippen LogP contribution in [0, 0.1) is 0 Å². The number of methoxy groups -OCH3 is 1. The Balaban J connectivity index is 1.88. The lowest BCUT2D eigenvalue weighted by Gasteiger charge is -2.09. The van der Waals surface area contributed by atoms with E-state index in [4.69, 9.17) is 32.9 Å². The number of ether oxygens (including phenoxy) is 1. The molecule has 0 unspecified atom stereocenters. The number of aromatic nitrogens is 2. The Labute approximate surface area is 190 Å². The van der Waals surface area contributed by atoms with E-state index in [1.165, 1.54) is 6.26 Å². The van der Waals surface area contributed by atoms with Gasteiger partial charge in [0.05, 0.1) is 22.7 Å². The van der Waals surface area contributed by atoms with Gasteiger partial charge in [-0.3, -0.25) is 4.57 Å². The molecule has 0 atom stereocenters. The maximum Gasteiger partial charge on any atom is 0.175 e. The topological polar surface area (TPSA) is 61.2 Å². The van der Waals surface area contributed by atoms with Crippen LogP contribution >= 0.6 is 23.2 Å². The van der Waals surface area contributed by atoms with E-state index in [0.29, 0.717) is 27.3 Å². The zero-order chi connectivity index (χ0) is 22.2. The predicted molar refractivity (Wildman–Crippen MR) is 124 cm³/mol. The van der Waals surface area contributed by atoms with Gasteiger partial charge in [0, 0.05) is 34.3 Å². The van der Waals surface area contributed by atoms with Gasteiger partial charge in [0.2, 0.25) is 0 Å². The van der Waals surface area contributed by atoms with Gasteiger partial charge in [0.25, 0.3) is 0 Å². The van der Waals surface area contributed by atoms with Crippen molar-refractivity contribution in [3.05, 3.63) is 83.0 Å². The van der Waals surface area contributed by atoms with Crippen LogP contribution in [0.25, 0.3) is 28.3 Å². The van der Waals surface area contributed by atoms with E-state index in [9.17, 15) is 8.42 Å². The van der Waals surface area contributed by atoms with Crippen LogP contribution < -0.4 is 4.74 Å². The smallest absolute Gasteiger partial charge is 0.175 e. The molecule has 4 aromatic rings. The number of hydrogen-bond donors (Lipinski definition) is 0. The Bertz CT molecular complexity index is 1350. The van der Waals surface area contributed by atoms with Crippen LogP contribution in [-0.4, -0.2) is 31.3 Å². The van der Waals surface area contributed by atoms with E-state index in [1.807, 2.05) is 35.0 Å². The Morgan fingerprint density at radius 2 is 1.61 bits per heavy atom. The minimum absolute atomic E-state index is 0.253. The largest absolute Gasteiger partial charge is 0.497 e. The van der Waals surface area contributed by atoms with Crippen molar-refractivity contribution in [1.82, 2.24) is 9.55 Å². The highest BCUT2D eigenvalue weighted by Gasteiger charge is 2.16. The molecule has 0 saturated carbocycles. The standard InChI is InChI=1S/C23H18Cl2N2O3S/c1-30-18-9-12-20(21(25)13-18)22-14-27(17-7-10-19(11-8-17)31(2,28)29)23(26-22)15-3-5-16(24)6-4-15/h3-14H,1-2H3. The zero-order valence-corrected chi connectivity index (χ0v) is 19.0. The Hall–Kier alpha value is -2.80. The average molecular weight is 473 g/mol. The number of imidazole rings is 1. The number of benzene rings is 3. The third-order valence-electron chi connectivity index (χ3n) is 4.80. The van der Waals surface area contributed by atoms with Crippen molar-refractivity contribution >= 4 is 33.0 Å². The number of sulfone groups is 1. The van der Waals surface area contributed by atoms with Crippen LogP contribution in [0.2, 0.25) is 10.0 Å².